The summed E-state index contributed by atoms with van der Waals surface area (Å²) >= 11 is 0. The molecule has 3 rings (SSSR count). The summed E-state index contributed by atoms with van der Waals surface area (Å²) in [6.07, 6.45) is 9.02. The predicted octanol–water partition coefficient (Wildman–Crippen LogP) is 3.71. The van der Waals surface area contributed by atoms with E-state index >= 15 is 0 Å². The largest absolute Gasteiger partial charge is 0.349 e. The second-order valence-electron chi connectivity index (χ2n) is 5.83. The average molecular weight is 272 g/mol. The van der Waals surface area contributed by atoms with E-state index < -0.39 is 0 Å². The number of nitrogens with zero attached hydrogens (tertiary/aromatic N) is 1. The van der Waals surface area contributed by atoms with Crippen molar-refractivity contribution < 1.29 is 4.39 Å². The molecule has 0 radical (unpaired) electrons. The molecule has 20 heavy (non-hydrogen) atoms. The van der Waals surface area contributed by atoms with Crippen molar-refractivity contribution in [3.63, 3.8) is 0 Å². The van der Waals surface area contributed by atoms with Gasteiger partial charge in [0, 0.05) is 25.0 Å². The third kappa shape index (κ3) is 2.63. The second-order valence-corrected chi connectivity index (χ2v) is 5.83. The van der Waals surface area contributed by atoms with Crippen LogP contribution in [0.25, 0.3) is 0 Å². The molecule has 0 fully saturated rings. The minimum atomic E-state index is -0.170. The molecule has 0 saturated carbocycles. The van der Waals surface area contributed by atoms with Gasteiger partial charge in [-0.3, -0.25) is 0 Å². The number of aryl methyl sites for hydroxylation is 2. The van der Waals surface area contributed by atoms with Gasteiger partial charge in [0.05, 0.1) is 0 Å². The Labute approximate surface area is 119 Å². The fraction of sp³-hybridized carbons (Fsp3) is 0.412. The quantitative estimate of drug-likeness (QED) is 0.830. The van der Waals surface area contributed by atoms with Crippen LogP contribution >= 0.6 is 0 Å². The van der Waals surface area contributed by atoms with Crippen molar-refractivity contribution in [3.05, 3.63) is 58.7 Å². The standard InChI is InChI=1S/C17H21FN2/c1-12-8-15(18)7-6-13(12)9-20-10-14-4-2-3-5-17(19)16(14)11-20/h6-8,10-11,17H,2-5,9,19H2,1H3. The highest BCUT2D eigenvalue weighted by atomic mass is 19.1. The maximum absolute atomic E-state index is 13.1. The van der Waals surface area contributed by atoms with E-state index in [2.05, 4.69) is 17.0 Å². The van der Waals surface area contributed by atoms with Crippen molar-refractivity contribution in [3.8, 4) is 0 Å². The van der Waals surface area contributed by atoms with Gasteiger partial charge in [0.25, 0.3) is 0 Å². The Morgan fingerprint density at radius 2 is 2.15 bits per heavy atom. The van der Waals surface area contributed by atoms with Gasteiger partial charge in [-0.05, 0) is 60.6 Å². The Morgan fingerprint density at radius 1 is 1.30 bits per heavy atom. The molecule has 0 spiro atoms. The minimum absolute atomic E-state index is 0.170. The van der Waals surface area contributed by atoms with Crippen LogP contribution in [0, 0.1) is 12.7 Å². The molecule has 1 unspecified atom stereocenters. The second kappa shape index (κ2) is 5.41. The van der Waals surface area contributed by atoms with E-state index in [0.29, 0.717) is 0 Å². The molecule has 1 aliphatic rings. The minimum Gasteiger partial charge on any atom is -0.349 e. The van der Waals surface area contributed by atoms with E-state index in [1.54, 1.807) is 6.07 Å². The number of nitrogens with two attached hydrogens (primary N) is 1. The molecule has 1 aromatic heterocycles. The summed E-state index contributed by atoms with van der Waals surface area (Å²) in [6, 6.07) is 5.16. The maximum Gasteiger partial charge on any atom is 0.123 e. The zero-order valence-corrected chi connectivity index (χ0v) is 11.9. The predicted molar refractivity (Wildman–Crippen MR) is 79.2 cm³/mol. The van der Waals surface area contributed by atoms with Crippen LogP contribution in [0.5, 0.6) is 0 Å². The summed E-state index contributed by atoms with van der Waals surface area (Å²) < 4.78 is 15.3. The molecule has 1 atom stereocenters. The fourth-order valence-electron chi connectivity index (χ4n) is 3.08. The lowest BCUT2D eigenvalue weighted by atomic mass is 10.1. The Kier molecular flexibility index (Phi) is 3.62. The van der Waals surface area contributed by atoms with Gasteiger partial charge in [-0.2, -0.15) is 0 Å². The summed E-state index contributed by atoms with van der Waals surface area (Å²) in [5.74, 6) is -0.170. The lowest BCUT2D eigenvalue weighted by molar-refractivity contribution is 0.609. The Bertz CT molecular complexity index is 615. The highest BCUT2D eigenvalue weighted by Gasteiger charge is 2.17. The van der Waals surface area contributed by atoms with E-state index in [0.717, 1.165) is 30.5 Å². The lowest BCUT2D eigenvalue weighted by Gasteiger charge is -2.09. The molecule has 106 valence electrons. The fourth-order valence-corrected chi connectivity index (χ4v) is 3.08. The number of fused-ring (bicyclic) bond motifs is 1. The lowest BCUT2D eigenvalue weighted by Crippen LogP contribution is -2.09. The van der Waals surface area contributed by atoms with Crippen LogP contribution in [0.4, 0.5) is 4.39 Å². The van der Waals surface area contributed by atoms with Crippen LogP contribution in [0.2, 0.25) is 0 Å². The van der Waals surface area contributed by atoms with Crippen molar-refractivity contribution in [2.24, 2.45) is 5.73 Å². The van der Waals surface area contributed by atoms with Crippen LogP contribution in [0.15, 0.2) is 30.6 Å². The monoisotopic (exact) mass is 272 g/mol. The van der Waals surface area contributed by atoms with E-state index in [9.17, 15) is 4.39 Å². The summed E-state index contributed by atoms with van der Waals surface area (Å²) in [4.78, 5) is 0. The zero-order chi connectivity index (χ0) is 14.1. The Hall–Kier alpha value is -1.61. The molecule has 3 heteroatoms. The SMILES string of the molecule is Cc1cc(F)ccc1Cn1cc2c(c1)C(N)CCCC2. The smallest absolute Gasteiger partial charge is 0.123 e. The van der Waals surface area contributed by atoms with Crippen LogP contribution in [-0.4, -0.2) is 4.57 Å². The first kappa shape index (κ1) is 13.4. The average Bonchev–Trinajstić information content (AvgIpc) is 2.73. The number of hydrogen-bond acceptors (Lipinski definition) is 1. The van der Waals surface area contributed by atoms with Crippen molar-refractivity contribution in [1.82, 2.24) is 4.57 Å². The van der Waals surface area contributed by atoms with Crippen molar-refractivity contribution >= 4 is 0 Å². The molecule has 0 bridgehead atoms. The number of aromatic nitrogens is 1. The van der Waals surface area contributed by atoms with Crippen molar-refractivity contribution in [2.75, 3.05) is 0 Å². The van der Waals surface area contributed by atoms with Crippen LogP contribution < -0.4 is 5.73 Å². The Balaban J connectivity index is 1.87. The summed E-state index contributed by atoms with van der Waals surface area (Å²) in [6.45, 7) is 2.74. The first-order chi connectivity index (χ1) is 9.63. The highest BCUT2D eigenvalue weighted by molar-refractivity contribution is 5.31. The van der Waals surface area contributed by atoms with E-state index in [1.165, 1.54) is 30.0 Å². The summed E-state index contributed by atoms with van der Waals surface area (Å²) in [5.41, 5.74) is 11.1. The third-order valence-electron chi connectivity index (χ3n) is 4.27. The van der Waals surface area contributed by atoms with Crippen molar-refractivity contribution in [2.45, 2.75) is 45.2 Å². The van der Waals surface area contributed by atoms with Gasteiger partial charge in [0.2, 0.25) is 0 Å². The van der Waals surface area contributed by atoms with E-state index in [4.69, 9.17) is 5.73 Å². The van der Waals surface area contributed by atoms with E-state index in [-0.39, 0.29) is 11.9 Å². The first-order valence-electron chi connectivity index (χ1n) is 7.32. The van der Waals surface area contributed by atoms with Crippen LogP contribution in [-0.2, 0) is 13.0 Å². The molecule has 1 aliphatic carbocycles. The number of halogens is 1. The molecule has 0 amide bonds. The maximum atomic E-state index is 13.1. The normalized spacial score (nSPS) is 18.6. The van der Waals surface area contributed by atoms with Crippen molar-refractivity contribution in [1.29, 1.82) is 0 Å². The number of benzene rings is 1. The van der Waals surface area contributed by atoms with Gasteiger partial charge in [-0.25, -0.2) is 4.39 Å². The van der Waals surface area contributed by atoms with Gasteiger partial charge < -0.3 is 10.3 Å². The summed E-state index contributed by atoms with van der Waals surface area (Å²) in [5, 5.41) is 0. The first-order valence-corrected chi connectivity index (χ1v) is 7.32. The summed E-state index contributed by atoms with van der Waals surface area (Å²) in [7, 11) is 0. The molecule has 0 saturated heterocycles. The van der Waals surface area contributed by atoms with Gasteiger partial charge in [-0.1, -0.05) is 12.5 Å². The van der Waals surface area contributed by atoms with Gasteiger partial charge in [0.1, 0.15) is 5.82 Å². The van der Waals surface area contributed by atoms with Crippen LogP contribution in [0.1, 0.15) is 47.6 Å². The molecule has 2 aromatic rings. The Morgan fingerprint density at radius 3 is 2.95 bits per heavy atom. The highest BCUT2D eigenvalue weighted by Crippen LogP contribution is 2.28. The van der Waals surface area contributed by atoms with Gasteiger partial charge in [0.15, 0.2) is 0 Å². The topological polar surface area (TPSA) is 30.9 Å². The van der Waals surface area contributed by atoms with Gasteiger partial charge in [-0.15, -0.1) is 0 Å². The molecular formula is C17H21FN2. The molecule has 2 N–H and O–H groups in total. The molecule has 1 heterocycles. The molecule has 0 aliphatic heterocycles. The number of rotatable bonds is 2. The molecule has 1 aromatic carbocycles. The van der Waals surface area contributed by atoms with Crippen LogP contribution in [0.3, 0.4) is 0 Å². The van der Waals surface area contributed by atoms with E-state index in [1.807, 2.05) is 13.0 Å². The zero-order valence-electron chi connectivity index (χ0n) is 11.9. The molecule has 2 nitrogen and oxygen atoms in total. The van der Waals surface area contributed by atoms with Gasteiger partial charge >= 0.3 is 0 Å². The third-order valence-corrected chi connectivity index (χ3v) is 4.27. The number of hydrogen-bond donors (Lipinski definition) is 1. The molecular weight excluding hydrogens is 251 g/mol.